The highest BCUT2D eigenvalue weighted by atomic mass is 79.9. The van der Waals surface area contributed by atoms with Gasteiger partial charge >= 0.3 is 0 Å². The van der Waals surface area contributed by atoms with Crippen LogP contribution in [0.3, 0.4) is 0 Å². The molecule has 33 heavy (non-hydrogen) atoms. The number of aromatic nitrogens is 2. The fourth-order valence-corrected chi connectivity index (χ4v) is 4.06. The number of carbonyl (C=O) groups excluding carboxylic acids is 1. The van der Waals surface area contributed by atoms with Crippen LogP contribution in [0.25, 0.3) is 5.69 Å². The number of para-hydroxylation sites is 1. The summed E-state index contributed by atoms with van der Waals surface area (Å²) in [5.41, 5.74) is 1.62. The van der Waals surface area contributed by atoms with E-state index in [0.717, 1.165) is 0 Å². The molecule has 0 saturated carbocycles. The van der Waals surface area contributed by atoms with Crippen LogP contribution in [0.1, 0.15) is 16.1 Å². The normalized spacial score (nSPS) is 12.2. The Hall–Kier alpha value is -2.04. The number of benzene rings is 2. The summed E-state index contributed by atoms with van der Waals surface area (Å²) in [5, 5.41) is 8.24. The molecule has 1 aromatic heterocycles. The van der Waals surface area contributed by atoms with Crippen molar-refractivity contribution in [2.24, 2.45) is 7.05 Å². The molecular weight excluding hydrogens is 573 g/mol. The van der Waals surface area contributed by atoms with Crippen LogP contribution in [0.5, 0.6) is 0 Å². The molecule has 0 aliphatic rings. The highest BCUT2D eigenvalue weighted by Crippen LogP contribution is 2.29. The van der Waals surface area contributed by atoms with E-state index < -0.39 is 15.9 Å². The number of thiocarbonyl (C=S) groups is 1. The van der Waals surface area contributed by atoms with Crippen molar-refractivity contribution in [3.05, 3.63) is 80.7 Å². The van der Waals surface area contributed by atoms with Crippen LogP contribution in [0.4, 0.5) is 5.69 Å². The zero-order valence-electron chi connectivity index (χ0n) is 17.4. The van der Waals surface area contributed by atoms with Gasteiger partial charge in [-0.25, -0.2) is 4.68 Å². The highest BCUT2D eigenvalue weighted by molar-refractivity contribution is 9.10. The van der Waals surface area contributed by atoms with Gasteiger partial charge in [0.15, 0.2) is 5.11 Å². The molecule has 3 N–H and O–H groups in total. The topological polar surface area (TPSA) is 80.1 Å². The predicted molar refractivity (Wildman–Crippen MR) is 141 cm³/mol. The summed E-state index contributed by atoms with van der Waals surface area (Å²) in [6.07, 6.45) is -1.19. The van der Waals surface area contributed by atoms with E-state index >= 15 is 0 Å². The predicted octanol–water partition coefficient (Wildman–Crippen LogP) is 4.66. The summed E-state index contributed by atoms with van der Waals surface area (Å²) >= 11 is 26.9. The van der Waals surface area contributed by atoms with Crippen molar-refractivity contribution in [3.8, 4) is 5.69 Å². The number of rotatable bonds is 5. The van der Waals surface area contributed by atoms with Crippen LogP contribution < -0.4 is 21.5 Å². The second-order valence-corrected chi connectivity index (χ2v) is 10.6. The molecule has 0 unspecified atom stereocenters. The summed E-state index contributed by atoms with van der Waals surface area (Å²) in [6.45, 7) is 1.77. The maximum atomic E-state index is 13.1. The molecule has 3 rings (SSSR count). The lowest BCUT2D eigenvalue weighted by Crippen LogP contribution is -2.56. The number of carbonyl (C=O) groups is 1. The first-order valence-electron chi connectivity index (χ1n) is 9.54. The number of amides is 1. The highest BCUT2D eigenvalue weighted by Gasteiger charge is 2.35. The van der Waals surface area contributed by atoms with Gasteiger partial charge in [0.1, 0.15) is 11.9 Å². The third kappa shape index (κ3) is 5.91. The Morgan fingerprint density at radius 1 is 1.06 bits per heavy atom. The Morgan fingerprint density at radius 2 is 1.67 bits per heavy atom. The molecule has 0 aliphatic carbocycles. The van der Waals surface area contributed by atoms with Gasteiger partial charge in [0.25, 0.3) is 11.5 Å². The Labute approximate surface area is 219 Å². The monoisotopic (exact) mass is 589 g/mol. The third-order valence-corrected chi connectivity index (χ3v) is 6.36. The second-order valence-electron chi connectivity index (χ2n) is 6.96. The molecule has 3 aromatic rings. The fourth-order valence-electron chi connectivity index (χ4n) is 3.05. The van der Waals surface area contributed by atoms with Crippen molar-refractivity contribution in [2.75, 3.05) is 5.32 Å². The van der Waals surface area contributed by atoms with Gasteiger partial charge in [-0.2, -0.15) is 0 Å². The van der Waals surface area contributed by atoms with Crippen molar-refractivity contribution in [2.45, 2.75) is 16.9 Å². The SMILES string of the molecule is Cc1c(NC(=S)N[C@H](NC(=O)c2ccccc2Br)C(Cl)(Cl)Cl)c(=O)n(-c2ccccc2)n1C. The zero-order chi connectivity index (χ0) is 24.3. The number of hydrogen-bond donors (Lipinski definition) is 3. The fraction of sp³-hybridized carbons (Fsp3) is 0.190. The molecule has 7 nitrogen and oxygen atoms in total. The number of nitrogens with one attached hydrogen (secondary N) is 3. The number of alkyl halides is 3. The van der Waals surface area contributed by atoms with Crippen LogP contribution in [0.15, 0.2) is 63.9 Å². The number of nitrogens with zero attached hydrogens (tertiary/aromatic N) is 2. The smallest absolute Gasteiger partial charge is 0.295 e. The number of anilines is 1. The minimum absolute atomic E-state index is 0.00948. The first-order valence-corrected chi connectivity index (χ1v) is 11.9. The molecule has 0 spiro atoms. The quantitative estimate of drug-likeness (QED) is 0.229. The largest absolute Gasteiger partial charge is 0.339 e. The first-order chi connectivity index (χ1) is 15.5. The van der Waals surface area contributed by atoms with E-state index in [2.05, 4.69) is 31.9 Å². The van der Waals surface area contributed by atoms with Crippen molar-refractivity contribution in [1.29, 1.82) is 0 Å². The number of hydrogen-bond acceptors (Lipinski definition) is 3. The van der Waals surface area contributed by atoms with Gasteiger partial charge in [-0.15, -0.1) is 0 Å². The molecule has 0 radical (unpaired) electrons. The molecule has 0 saturated heterocycles. The summed E-state index contributed by atoms with van der Waals surface area (Å²) in [7, 11) is 1.76. The van der Waals surface area contributed by atoms with Crippen molar-refractivity contribution in [1.82, 2.24) is 20.0 Å². The molecule has 2 aromatic carbocycles. The molecule has 174 valence electrons. The third-order valence-electron chi connectivity index (χ3n) is 4.79. The van der Waals surface area contributed by atoms with Gasteiger partial charge in [-0.1, -0.05) is 65.1 Å². The Bertz CT molecular complexity index is 1240. The van der Waals surface area contributed by atoms with Gasteiger partial charge < -0.3 is 16.0 Å². The van der Waals surface area contributed by atoms with E-state index in [1.165, 1.54) is 4.68 Å². The first kappa shape index (κ1) is 25.6. The van der Waals surface area contributed by atoms with Crippen molar-refractivity contribution < 1.29 is 4.79 Å². The van der Waals surface area contributed by atoms with Gasteiger partial charge in [0.2, 0.25) is 3.79 Å². The van der Waals surface area contributed by atoms with E-state index in [1.54, 1.807) is 42.9 Å². The van der Waals surface area contributed by atoms with Gasteiger partial charge in [0.05, 0.1) is 16.9 Å². The van der Waals surface area contributed by atoms with E-state index in [1.807, 2.05) is 30.3 Å². The van der Waals surface area contributed by atoms with Gasteiger partial charge in [-0.3, -0.25) is 14.3 Å². The van der Waals surface area contributed by atoms with Gasteiger partial charge in [0, 0.05) is 11.5 Å². The van der Waals surface area contributed by atoms with Crippen molar-refractivity contribution in [3.63, 3.8) is 0 Å². The second kappa shape index (κ2) is 10.5. The van der Waals surface area contributed by atoms with E-state index in [9.17, 15) is 9.59 Å². The maximum absolute atomic E-state index is 13.1. The average Bonchev–Trinajstić information content (AvgIpc) is 2.96. The molecule has 0 fully saturated rings. The lowest BCUT2D eigenvalue weighted by atomic mass is 10.2. The van der Waals surface area contributed by atoms with Crippen LogP contribution >= 0.6 is 63.0 Å². The molecule has 1 heterocycles. The van der Waals surface area contributed by atoms with Crippen molar-refractivity contribution >= 4 is 79.7 Å². The minimum atomic E-state index is -1.95. The van der Waals surface area contributed by atoms with Crippen LogP contribution in [0, 0.1) is 6.92 Å². The summed E-state index contributed by atoms with van der Waals surface area (Å²) in [4.78, 5) is 25.8. The Balaban J connectivity index is 1.81. The average molecular weight is 592 g/mol. The van der Waals surface area contributed by atoms with Crippen LogP contribution in [-0.2, 0) is 7.05 Å². The molecular formula is C21H19BrCl3N5O2S. The summed E-state index contributed by atoms with van der Waals surface area (Å²) in [6, 6.07) is 16.0. The minimum Gasteiger partial charge on any atom is -0.339 e. The van der Waals surface area contributed by atoms with Crippen LogP contribution in [-0.4, -0.2) is 30.3 Å². The molecule has 1 amide bonds. The summed E-state index contributed by atoms with van der Waals surface area (Å²) in [5.74, 6) is -0.489. The van der Waals surface area contributed by atoms with Crippen LogP contribution in [0.2, 0.25) is 0 Å². The van der Waals surface area contributed by atoms with E-state index in [-0.39, 0.29) is 16.4 Å². The van der Waals surface area contributed by atoms with Gasteiger partial charge in [-0.05, 0) is 59.3 Å². The molecule has 0 aliphatic heterocycles. The molecule has 12 heteroatoms. The Kier molecular flexibility index (Phi) is 8.13. The summed E-state index contributed by atoms with van der Waals surface area (Å²) < 4.78 is 1.83. The zero-order valence-corrected chi connectivity index (χ0v) is 22.1. The Morgan fingerprint density at radius 3 is 2.27 bits per heavy atom. The maximum Gasteiger partial charge on any atom is 0.295 e. The molecule has 1 atom stereocenters. The van der Waals surface area contributed by atoms with E-state index in [4.69, 9.17) is 47.0 Å². The number of halogens is 4. The van der Waals surface area contributed by atoms with E-state index in [0.29, 0.717) is 21.4 Å². The lowest BCUT2D eigenvalue weighted by molar-refractivity contribution is 0.0933. The lowest BCUT2D eigenvalue weighted by Gasteiger charge is -2.27. The standard InChI is InChI=1S/C21H19BrCl3N5O2S/c1-12-16(18(32)30(29(12)2)13-8-4-3-5-9-13)26-20(33)28-19(21(23,24)25)27-17(31)14-10-6-7-11-15(14)22/h3-11,19H,1-2H3,(H,27,31)(H2,26,28,33)/t19-/m0/s1. The molecule has 0 bridgehead atoms.